The van der Waals surface area contributed by atoms with Crippen LogP contribution in [-0.4, -0.2) is 22.9 Å². The molecule has 0 saturated heterocycles. The Balaban J connectivity index is 2.34. The number of nitrogens with zero attached hydrogens (tertiary/aromatic N) is 2. The molecule has 0 N–H and O–H groups in total. The van der Waals surface area contributed by atoms with Crippen molar-refractivity contribution >= 4 is 28.3 Å². The van der Waals surface area contributed by atoms with E-state index in [4.69, 9.17) is 16.3 Å². The van der Waals surface area contributed by atoms with Crippen LogP contribution in [0.3, 0.4) is 0 Å². The first-order valence-corrected chi connectivity index (χ1v) is 6.98. The van der Waals surface area contributed by atoms with Gasteiger partial charge >= 0.3 is 0 Å². The Morgan fingerprint density at radius 3 is 2.52 bits per heavy atom. The Morgan fingerprint density at radius 1 is 1.22 bits per heavy atom. The van der Waals surface area contributed by atoms with Crippen molar-refractivity contribution in [3.05, 3.63) is 63.5 Å². The van der Waals surface area contributed by atoms with Gasteiger partial charge in [-0.15, -0.1) is 0 Å². The van der Waals surface area contributed by atoms with Crippen LogP contribution in [0.2, 0.25) is 5.02 Å². The molecule has 6 nitrogen and oxygen atoms in total. The van der Waals surface area contributed by atoms with Gasteiger partial charge in [0.15, 0.2) is 0 Å². The lowest BCUT2D eigenvalue weighted by atomic mass is 10.1. The molecular weight excluding hydrogens is 320 g/mol. The molecule has 0 fully saturated rings. The fraction of sp³-hybridized carbons (Fsp3) is 0.0625. The molecule has 0 amide bonds. The molecule has 0 spiro atoms. The number of hydrogen-bond acceptors (Lipinski definition) is 5. The van der Waals surface area contributed by atoms with E-state index in [1.807, 2.05) is 0 Å². The third kappa shape index (κ3) is 2.53. The number of carboxylic acid groups (broad SMARTS) is 1. The molecule has 0 radical (unpaired) electrons. The van der Waals surface area contributed by atoms with E-state index in [9.17, 15) is 14.7 Å². The van der Waals surface area contributed by atoms with E-state index in [2.05, 4.69) is 5.10 Å². The van der Waals surface area contributed by atoms with E-state index in [1.54, 1.807) is 24.3 Å². The van der Waals surface area contributed by atoms with Gasteiger partial charge in [0.05, 0.1) is 29.2 Å². The van der Waals surface area contributed by atoms with Gasteiger partial charge in [-0.3, -0.25) is 4.79 Å². The first kappa shape index (κ1) is 15.1. The van der Waals surface area contributed by atoms with E-state index in [-0.39, 0.29) is 21.5 Å². The van der Waals surface area contributed by atoms with Gasteiger partial charge in [-0.05, 0) is 24.3 Å². The molecule has 0 aliphatic heterocycles. The number of carboxylic acids is 1. The molecule has 0 aliphatic carbocycles. The Morgan fingerprint density at radius 2 is 1.91 bits per heavy atom. The second-order valence-corrected chi connectivity index (χ2v) is 5.12. The van der Waals surface area contributed by atoms with Crippen LogP contribution in [-0.2, 0) is 0 Å². The molecule has 7 heteroatoms. The molecule has 3 rings (SSSR count). The van der Waals surface area contributed by atoms with E-state index in [0.29, 0.717) is 11.4 Å². The lowest BCUT2D eigenvalue weighted by Crippen LogP contribution is -2.30. The Kier molecular flexibility index (Phi) is 3.75. The first-order chi connectivity index (χ1) is 11.0. The number of rotatable bonds is 3. The lowest BCUT2D eigenvalue weighted by Gasteiger charge is -2.12. The molecular formula is C16H10ClN2O4-. The molecule has 0 unspecified atom stereocenters. The summed E-state index contributed by atoms with van der Waals surface area (Å²) in [7, 11) is 1.47. The van der Waals surface area contributed by atoms with Gasteiger partial charge in [-0.25, -0.2) is 0 Å². The normalized spacial score (nSPS) is 10.7. The van der Waals surface area contributed by atoms with Crippen molar-refractivity contribution < 1.29 is 14.6 Å². The zero-order chi connectivity index (χ0) is 16.6. The predicted molar refractivity (Wildman–Crippen MR) is 83.2 cm³/mol. The van der Waals surface area contributed by atoms with Crippen LogP contribution in [0.25, 0.3) is 16.5 Å². The van der Waals surface area contributed by atoms with Gasteiger partial charge < -0.3 is 14.6 Å². The summed E-state index contributed by atoms with van der Waals surface area (Å²) in [5, 5.41) is 16.0. The van der Waals surface area contributed by atoms with E-state index < -0.39 is 11.5 Å². The monoisotopic (exact) mass is 329 g/mol. The molecule has 0 bridgehead atoms. The predicted octanol–water partition coefficient (Wildman–Crippen LogP) is 1.41. The second-order valence-electron chi connectivity index (χ2n) is 4.72. The minimum atomic E-state index is -1.46. The fourth-order valence-corrected chi connectivity index (χ4v) is 2.55. The van der Waals surface area contributed by atoms with E-state index >= 15 is 0 Å². The van der Waals surface area contributed by atoms with Crippen molar-refractivity contribution in [2.75, 3.05) is 7.11 Å². The fourth-order valence-electron chi connectivity index (χ4n) is 2.30. The summed E-state index contributed by atoms with van der Waals surface area (Å²) in [6.07, 6.45) is 0. The van der Waals surface area contributed by atoms with Crippen molar-refractivity contribution in [2.24, 2.45) is 0 Å². The van der Waals surface area contributed by atoms with Crippen molar-refractivity contribution in [1.29, 1.82) is 0 Å². The molecule has 3 aromatic rings. The Hall–Kier alpha value is -2.86. The standard InChI is InChI=1S/C16H11ClN2O4/c1-23-13-7-6-9(8-12(13)17)19-15(20)11-5-3-2-4-10(11)14(18-19)16(21)22/h2-8H,1H3,(H,21,22)/p-1. The zero-order valence-corrected chi connectivity index (χ0v) is 12.7. The van der Waals surface area contributed by atoms with Gasteiger partial charge in [-0.1, -0.05) is 29.8 Å². The molecule has 0 saturated carbocycles. The highest BCUT2D eigenvalue weighted by Crippen LogP contribution is 2.26. The van der Waals surface area contributed by atoms with E-state index in [1.165, 1.54) is 25.3 Å². The third-order valence-corrected chi connectivity index (χ3v) is 3.67. The number of benzene rings is 2. The van der Waals surface area contributed by atoms with Crippen LogP contribution in [0.5, 0.6) is 5.75 Å². The lowest BCUT2D eigenvalue weighted by molar-refractivity contribution is -0.255. The highest BCUT2D eigenvalue weighted by Gasteiger charge is 2.13. The Labute approximate surface area is 135 Å². The number of hydrogen-bond donors (Lipinski definition) is 0. The molecule has 116 valence electrons. The quantitative estimate of drug-likeness (QED) is 0.725. The molecule has 1 heterocycles. The molecule has 23 heavy (non-hydrogen) atoms. The van der Waals surface area contributed by atoms with Gasteiger partial charge in [0.25, 0.3) is 5.56 Å². The minimum absolute atomic E-state index is 0.230. The number of ether oxygens (including phenoxy) is 1. The summed E-state index contributed by atoms with van der Waals surface area (Å²) < 4.78 is 6.04. The maximum absolute atomic E-state index is 12.6. The van der Waals surface area contributed by atoms with Crippen LogP contribution in [0.4, 0.5) is 0 Å². The van der Waals surface area contributed by atoms with Crippen LogP contribution in [0.15, 0.2) is 47.3 Å². The maximum Gasteiger partial charge on any atom is 0.279 e. The molecule has 1 aromatic heterocycles. The van der Waals surface area contributed by atoms with Crippen molar-refractivity contribution in [1.82, 2.24) is 9.78 Å². The average Bonchev–Trinajstić information content (AvgIpc) is 2.55. The number of methoxy groups -OCH3 is 1. The number of aromatic carboxylic acids is 1. The van der Waals surface area contributed by atoms with Gasteiger partial charge in [0.1, 0.15) is 11.4 Å². The topological polar surface area (TPSA) is 84.2 Å². The maximum atomic E-state index is 12.6. The molecule has 2 aromatic carbocycles. The summed E-state index contributed by atoms with van der Waals surface area (Å²) in [5.41, 5.74) is -0.437. The van der Waals surface area contributed by atoms with Crippen molar-refractivity contribution in [3.8, 4) is 11.4 Å². The third-order valence-electron chi connectivity index (χ3n) is 3.38. The second kappa shape index (κ2) is 5.73. The van der Waals surface area contributed by atoms with E-state index in [0.717, 1.165) is 4.68 Å². The molecule has 0 atom stereocenters. The summed E-state index contributed by atoms with van der Waals surface area (Å²) in [6, 6.07) is 10.9. The summed E-state index contributed by atoms with van der Waals surface area (Å²) >= 11 is 6.06. The number of aromatic nitrogens is 2. The number of carbonyl (C=O) groups excluding carboxylic acids is 1. The molecule has 0 aliphatic rings. The number of fused-ring (bicyclic) bond motifs is 1. The summed E-state index contributed by atoms with van der Waals surface area (Å²) in [4.78, 5) is 23.9. The smallest absolute Gasteiger partial charge is 0.279 e. The van der Waals surface area contributed by atoms with Crippen molar-refractivity contribution in [2.45, 2.75) is 0 Å². The zero-order valence-electron chi connectivity index (χ0n) is 11.9. The SMILES string of the molecule is COc1ccc(-n2nc(C(=O)[O-])c3ccccc3c2=O)cc1Cl. The first-order valence-electron chi connectivity index (χ1n) is 6.60. The highest BCUT2D eigenvalue weighted by molar-refractivity contribution is 6.32. The summed E-state index contributed by atoms with van der Waals surface area (Å²) in [5.74, 6) is -1.03. The number of halogens is 1. The van der Waals surface area contributed by atoms with Gasteiger partial charge in [0.2, 0.25) is 0 Å². The van der Waals surface area contributed by atoms with Gasteiger partial charge in [-0.2, -0.15) is 9.78 Å². The van der Waals surface area contributed by atoms with Crippen LogP contribution in [0, 0.1) is 0 Å². The largest absolute Gasteiger partial charge is 0.543 e. The van der Waals surface area contributed by atoms with Crippen LogP contribution < -0.4 is 15.4 Å². The Bertz CT molecular complexity index is 981. The van der Waals surface area contributed by atoms with Crippen LogP contribution in [0.1, 0.15) is 10.5 Å². The highest BCUT2D eigenvalue weighted by atomic mass is 35.5. The van der Waals surface area contributed by atoms with Gasteiger partial charge in [0, 0.05) is 5.39 Å². The van der Waals surface area contributed by atoms with Crippen molar-refractivity contribution in [3.63, 3.8) is 0 Å². The number of carbonyl (C=O) groups is 1. The minimum Gasteiger partial charge on any atom is -0.543 e. The summed E-state index contributed by atoms with van der Waals surface area (Å²) in [6.45, 7) is 0. The average molecular weight is 330 g/mol. The van der Waals surface area contributed by atoms with Crippen LogP contribution >= 0.6 is 11.6 Å².